The van der Waals surface area contributed by atoms with Crippen LogP contribution >= 0.6 is 23.2 Å². The molecule has 3 aromatic rings. The highest BCUT2D eigenvalue weighted by Gasteiger charge is 2.47. The van der Waals surface area contributed by atoms with E-state index in [1.807, 2.05) is 0 Å². The number of ether oxygens (including phenoxy) is 1. The number of aryl methyl sites for hydroxylation is 1. The molecule has 1 saturated heterocycles. The fourth-order valence-electron chi connectivity index (χ4n) is 3.93. The Labute approximate surface area is 205 Å². The lowest BCUT2D eigenvalue weighted by molar-refractivity contribution is -0.132. The molecule has 0 aromatic heterocycles. The zero-order valence-corrected chi connectivity index (χ0v) is 19.6. The maximum atomic E-state index is 13.2. The average Bonchev–Trinajstić information content (AvgIpc) is 3.05. The third-order valence-corrected chi connectivity index (χ3v) is 6.08. The van der Waals surface area contributed by atoms with Gasteiger partial charge in [-0.3, -0.25) is 14.5 Å². The molecule has 0 aliphatic carbocycles. The summed E-state index contributed by atoms with van der Waals surface area (Å²) in [6.07, 6.45) is 0. The number of aliphatic hydroxyl groups is 1. The standard InChI is InChI=1S/C25H19Cl2NO6/c1-12-3-8-19(30)18(9-12)28-21(13-4-6-15(29)7-5-13)20(23(32)25(28)33)22(31)14-10-16(26)24(34-2)17(27)11-14/h3-11,21,29-31H,1-2H3/b22-20+. The third-order valence-electron chi connectivity index (χ3n) is 5.52. The number of phenolic OH excluding ortho intramolecular Hbond substituents is 2. The highest BCUT2D eigenvalue weighted by atomic mass is 35.5. The van der Waals surface area contributed by atoms with E-state index >= 15 is 0 Å². The second kappa shape index (κ2) is 8.93. The summed E-state index contributed by atoms with van der Waals surface area (Å²) < 4.78 is 5.13. The van der Waals surface area contributed by atoms with Crippen molar-refractivity contribution in [3.8, 4) is 17.2 Å². The normalized spacial score (nSPS) is 17.3. The maximum absolute atomic E-state index is 13.2. The quantitative estimate of drug-likeness (QED) is 0.253. The first-order chi connectivity index (χ1) is 16.1. The van der Waals surface area contributed by atoms with Crippen LogP contribution in [0.5, 0.6) is 17.2 Å². The molecular formula is C25H19Cl2NO6. The number of anilines is 1. The summed E-state index contributed by atoms with van der Waals surface area (Å²) in [6.45, 7) is 1.77. The van der Waals surface area contributed by atoms with Crippen molar-refractivity contribution in [1.82, 2.24) is 0 Å². The van der Waals surface area contributed by atoms with Crippen molar-refractivity contribution in [3.05, 3.63) is 86.9 Å². The van der Waals surface area contributed by atoms with Crippen molar-refractivity contribution < 1.29 is 29.6 Å². The Morgan fingerprint density at radius 2 is 1.59 bits per heavy atom. The Bertz CT molecular complexity index is 1330. The van der Waals surface area contributed by atoms with Gasteiger partial charge in [0.15, 0.2) is 5.75 Å². The van der Waals surface area contributed by atoms with Crippen LogP contribution in [0.1, 0.15) is 22.7 Å². The molecule has 1 fully saturated rings. The van der Waals surface area contributed by atoms with Crippen LogP contribution in [0.4, 0.5) is 5.69 Å². The van der Waals surface area contributed by atoms with Crippen LogP contribution < -0.4 is 9.64 Å². The third kappa shape index (κ3) is 3.93. The van der Waals surface area contributed by atoms with Crippen molar-refractivity contribution in [1.29, 1.82) is 0 Å². The molecule has 1 aliphatic rings. The summed E-state index contributed by atoms with van der Waals surface area (Å²) in [7, 11) is 1.39. The monoisotopic (exact) mass is 499 g/mol. The van der Waals surface area contributed by atoms with Crippen molar-refractivity contribution in [2.24, 2.45) is 0 Å². The first-order valence-electron chi connectivity index (χ1n) is 10.1. The number of hydrogen-bond acceptors (Lipinski definition) is 6. The molecular weight excluding hydrogens is 481 g/mol. The van der Waals surface area contributed by atoms with Crippen LogP contribution in [0.3, 0.4) is 0 Å². The summed E-state index contributed by atoms with van der Waals surface area (Å²) in [6, 6.07) is 12.1. The number of rotatable bonds is 4. The molecule has 0 saturated carbocycles. The zero-order chi connectivity index (χ0) is 24.7. The lowest BCUT2D eigenvalue weighted by Crippen LogP contribution is -2.29. The summed E-state index contributed by atoms with van der Waals surface area (Å²) in [5, 5.41) is 31.7. The number of methoxy groups -OCH3 is 1. The van der Waals surface area contributed by atoms with E-state index in [0.29, 0.717) is 5.56 Å². The van der Waals surface area contributed by atoms with Gasteiger partial charge in [0.25, 0.3) is 11.7 Å². The summed E-state index contributed by atoms with van der Waals surface area (Å²) in [5.41, 5.74) is 1.14. The van der Waals surface area contributed by atoms with Gasteiger partial charge in [0.05, 0.1) is 34.5 Å². The van der Waals surface area contributed by atoms with Gasteiger partial charge >= 0.3 is 0 Å². The molecule has 0 radical (unpaired) electrons. The van der Waals surface area contributed by atoms with Gasteiger partial charge in [0.2, 0.25) is 0 Å². The van der Waals surface area contributed by atoms with E-state index in [4.69, 9.17) is 27.9 Å². The van der Waals surface area contributed by atoms with Gasteiger partial charge in [-0.05, 0) is 54.4 Å². The molecule has 1 heterocycles. The minimum Gasteiger partial charge on any atom is -0.508 e. The number of amides is 1. The molecule has 1 aliphatic heterocycles. The van der Waals surface area contributed by atoms with Gasteiger partial charge in [0.1, 0.15) is 17.3 Å². The lowest BCUT2D eigenvalue weighted by atomic mass is 9.95. The molecule has 7 nitrogen and oxygen atoms in total. The number of Topliss-reactive ketones (excluding diaryl/α,β-unsaturated/α-hetero) is 1. The number of ketones is 1. The zero-order valence-electron chi connectivity index (χ0n) is 18.0. The number of benzene rings is 3. The van der Waals surface area contributed by atoms with E-state index in [1.165, 1.54) is 49.6 Å². The van der Waals surface area contributed by atoms with Gasteiger partial charge in [-0.1, -0.05) is 41.4 Å². The summed E-state index contributed by atoms with van der Waals surface area (Å²) in [4.78, 5) is 27.5. The van der Waals surface area contributed by atoms with Crippen molar-refractivity contribution in [2.45, 2.75) is 13.0 Å². The van der Waals surface area contributed by atoms with Crippen molar-refractivity contribution in [2.75, 3.05) is 12.0 Å². The molecule has 34 heavy (non-hydrogen) atoms. The summed E-state index contributed by atoms with van der Waals surface area (Å²) >= 11 is 12.4. The van der Waals surface area contributed by atoms with Crippen LogP contribution in [0.15, 0.2) is 60.2 Å². The van der Waals surface area contributed by atoms with Crippen LogP contribution in [-0.4, -0.2) is 34.1 Å². The molecule has 1 unspecified atom stereocenters. The van der Waals surface area contributed by atoms with Gasteiger partial charge in [-0.15, -0.1) is 0 Å². The fourth-order valence-corrected chi connectivity index (χ4v) is 4.57. The van der Waals surface area contributed by atoms with Crippen LogP contribution in [-0.2, 0) is 9.59 Å². The van der Waals surface area contributed by atoms with Crippen LogP contribution in [0.2, 0.25) is 10.0 Å². The van der Waals surface area contributed by atoms with Crippen molar-refractivity contribution in [3.63, 3.8) is 0 Å². The number of carbonyl (C=O) groups is 2. The second-order valence-corrected chi connectivity index (χ2v) is 8.54. The molecule has 3 N–H and O–H groups in total. The fraction of sp³-hybridized carbons (Fsp3) is 0.120. The number of phenols is 2. The van der Waals surface area contributed by atoms with Gasteiger partial charge in [-0.25, -0.2) is 0 Å². The summed E-state index contributed by atoms with van der Waals surface area (Å²) in [5.74, 6) is -2.44. The number of halogens is 2. The number of aliphatic hydroxyl groups excluding tert-OH is 1. The number of nitrogens with zero attached hydrogens (tertiary/aromatic N) is 1. The number of hydrogen-bond donors (Lipinski definition) is 3. The highest BCUT2D eigenvalue weighted by molar-refractivity contribution is 6.52. The molecule has 174 valence electrons. The molecule has 0 spiro atoms. The minimum atomic E-state index is -1.10. The minimum absolute atomic E-state index is 0.0205. The Balaban J connectivity index is 1.99. The largest absolute Gasteiger partial charge is 0.508 e. The topological polar surface area (TPSA) is 107 Å². The molecule has 4 rings (SSSR count). The highest BCUT2D eigenvalue weighted by Crippen LogP contribution is 2.46. The van der Waals surface area contributed by atoms with Crippen LogP contribution in [0.25, 0.3) is 5.76 Å². The predicted molar refractivity (Wildman–Crippen MR) is 129 cm³/mol. The first-order valence-corrected chi connectivity index (χ1v) is 10.8. The van der Waals surface area contributed by atoms with E-state index < -0.39 is 23.5 Å². The molecule has 1 amide bonds. The Morgan fingerprint density at radius 1 is 0.971 bits per heavy atom. The lowest BCUT2D eigenvalue weighted by Gasteiger charge is -2.26. The molecule has 1 atom stereocenters. The molecule has 3 aromatic carbocycles. The number of carbonyl (C=O) groups excluding carboxylic acids is 2. The Hall–Kier alpha value is -3.68. The second-order valence-electron chi connectivity index (χ2n) is 7.73. The van der Waals surface area contributed by atoms with E-state index in [-0.39, 0.29) is 44.1 Å². The molecule has 9 heteroatoms. The molecule has 0 bridgehead atoms. The SMILES string of the molecule is COc1c(Cl)cc(/C(O)=C2\C(=O)C(=O)N(c3cc(C)ccc3O)C2c2ccc(O)cc2)cc1Cl. The van der Waals surface area contributed by atoms with E-state index in [1.54, 1.807) is 19.1 Å². The average molecular weight is 500 g/mol. The van der Waals surface area contributed by atoms with Crippen molar-refractivity contribution >= 4 is 46.3 Å². The van der Waals surface area contributed by atoms with Gasteiger partial charge in [0, 0.05) is 5.56 Å². The van der Waals surface area contributed by atoms with Crippen LogP contribution in [0, 0.1) is 6.92 Å². The Morgan fingerprint density at radius 3 is 2.18 bits per heavy atom. The van der Waals surface area contributed by atoms with Gasteiger partial charge in [-0.2, -0.15) is 0 Å². The van der Waals surface area contributed by atoms with Gasteiger partial charge < -0.3 is 20.1 Å². The maximum Gasteiger partial charge on any atom is 0.300 e. The van der Waals surface area contributed by atoms with E-state index in [0.717, 1.165) is 10.5 Å². The Kier molecular flexibility index (Phi) is 6.17. The number of aromatic hydroxyl groups is 2. The smallest absolute Gasteiger partial charge is 0.300 e. The first kappa shape index (κ1) is 23.5. The van der Waals surface area contributed by atoms with E-state index in [9.17, 15) is 24.9 Å². The van der Waals surface area contributed by atoms with E-state index in [2.05, 4.69) is 0 Å². The predicted octanol–water partition coefficient (Wildman–Crippen LogP) is 5.35.